The number of ether oxygens (including phenoxy) is 6. The minimum Gasteiger partial charge on any atom is -0.506 e. The fourth-order valence-electron chi connectivity index (χ4n) is 12.3. The number of benzene rings is 1. The van der Waals surface area contributed by atoms with Crippen molar-refractivity contribution in [3.8, 4) is 38.4 Å². The van der Waals surface area contributed by atoms with Crippen molar-refractivity contribution in [2.24, 2.45) is 0 Å². The number of amides is 4. The number of hydrogen-bond donors (Lipinski definition) is 10. The molecule has 36 heteroatoms. The number of aromatic nitrogens is 7. The highest BCUT2D eigenvalue weighted by atomic mass is 32.1. The third kappa shape index (κ3) is 14.0. The number of carbonyl (C=O) groups excluding carboxylic acids is 6. The van der Waals surface area contributed by atoms with Crippen LogP contribution < -0.4 is 21.3 Å². The van der Waals surface area contributed by atoms with Gasteiger partial charge in [0, 0.05) is 69.5 Å². The Morgan fingerprint density at radius 1 is 0.816 bits per heavy atom. The molecule has 10 N–H and O–H groups in total. The molecule has 12 rings (SSSR count). The molecule has 0 unspecified atom stereocenters. The fraction of sp³-hybridized carbons (Fsp3) is 0.419. The summed E-state index contributed by atoms with van der Waals surface area (Å²) < 4.78 is 38.3. The zero-order chi connectivity index (χ0) is 69.6. The van der Waals surface area contributed by atoms with E-state index in [-0.39, 0.29) is 138 Å². The lowest BCUT2D eigenvalue weighted by Gasteiger charge is -2.48. The molecule has 0 saturated carbocycles. The first-order valence-electron chi connectivity index (χ1n) is 30.6. The number of aliphatic hydroxyl groups excluding tert-OH is 3. The van der Waals surface area contributed by atoms with Crippen molar-refractivity contribution >= 4 is 109 Å². The Morgan fingerprint density at radius 2 is 1.48 bits per heavy atom. The van der Waals surface area contributed by atoms with Crippen molar-refractivity contribution in [3.63, 3.8) is 0 Å². The van der Waals surface area contributed by atoms with Gasteiger partial charge in [-0.2, -0.15) is 4.73 Å². The standard InChI is InChI=1S/C62H67N13O18S5/c1-26(78)42-54(83)71-43(27(2)88-7)57-67-37(25-97-57)53(82)72-46-48-49(93-40-16-62(4,86)50(73(5)6)28(3)92-40)61(85)90-18-29-9-8-10-38-41(29)32(19-89-48)47(75(38)87)60(84)91-20-33(64-51(80)35-24-98-59(46)68-35)56-65-34(22-96-56)44-31(55-66-36(23-95-55)52(81)70-42)15-39(79)45(69-44)58-63-30(21-94-58)17-74(11-13-76)12-14-77/h8-10,15,21-26,28,33,40,42,46,48-50,76-79,86-87H,11-14,16-20H2,1-7H3,(H,64,80)(H,70,81)(H,71,83)(H,72,82)/b43-27+/t26-,28+,33+,40+,42+,46+,48+,49+,50-,62+/m1/s1. The highest BCUT2D eigenvalue weighted by Gasteiger charge is 2.50. The van der Waals surface area contributed by atoms with Crippen molar-refractivity contribution in [1.29, 1.82) is 0 Å². The van der Waals surface area contributed by atoms with E-state index in [1.807, 2.05) is 0 Å². The Morgan fingerprint density at radius 3 is 2.19 bits per heavy atom. The number of aliphatic hydroxyl groups is 4. The number of carbonyl (C=O) groups is 6. The Labute approximate surface area is 577 Å². The number of pyridine rings is 1. The van der Waals surface area contributed by atoms with Crippen LogP contribution in [0.5, 0.6) is 5.75 Å². The van der Waals surface area contributed by atoms with E-state index in [1.165, 1.54) is 49.2 Å². The largest absolute Gasteiger partial charge is 0.506 e. The number of allylic oxidation sites excluding steroid dienone is 1. The number of methoxy groups -OCH3 is 1. The van der Waals surface area contributed by atoms with Gasteiger partial charge in [0.1, 0.15) is 114 Å². The predicted octanol–water partition coefficient (Wildman–Crippen LogP) is 3.95. The van der Waals surface area contributed by atoms with Gasteiger partial charge in [-0.15, -0.1) is 56.7 Å². The molecule has 8 aromatic rings. The maximum atomic E-state index is 15.2. The quantitative estimate of drug-likeness (QED) is 0.0470. The molecule has 12 bridgehead atoms. The highest BCUT2D eigenvalue weighted by molar-refractivity contribution is 7.14. The van der Waals surface area contributed by atoms with E-state index in [0.717, 1.165) is 56.7 Å². The van der Waals surface area contributed by atoms with Crippen LogP contribution >= 0.6 is 56.7 Å². The summed E-state index contributed by atoms with van der Waals surface area (Å²) in [6.45, 7) is 4.74. The van der Waals surface area contributed by atoms with Crippen molar-refractivity contribution in [1.82, 2.24) is 65.7 Å². The third-order valence-corrected chi connectivity index (χ3v) is 21.3. The normalized spacial score (nSPS) is 24.3. The average molecular weight is 1440 g/mol. The first-order chi connectivity index (χ1) is 46.9. The highest BCUT2D eigenvalue weighted by Crippen LogP contribution is 2.43. The molecule has 0 aliphatic carbocycles. The monoisotopic (exact) mass is 1440 g/mol. The molecule has 4 aliphatic heterocycles. The summed E-state index contributed by atoms with van der Waals surface area (Å²) in [5.41, 5.74) is -1.44. The summed E-state index contributed by atoms with van der Waals surface area (Å²) >= 11 is 4.88. The van der Waals surface area contributed by atoms with Gasteiger partial charge in [-0.05, 0) is 59.5 Å². The minimum absolute atomic E-state index is 0.000462. The number of nitrogens with one attached hydrogen (secondary N) is 4. The lowest BCUT2D eigenvalue weighted by atomic mass is 9.85. The molecule has 4 amide bonds. The van der Waals surface area contributed by atoms with Gasteiger partial charge in [-0.1, -0.05) is 12.1 Å². The van der Waals surface area contributed by atoms with Crippen molar-refractivity contribution in [3.05, 3.63) is 112 Å². The van der Waals surface area contributed by atoms with Crippen molar-refractivity contribution in [2.45, 2.75) is 114 Å². The summed E-state index contributed by atoms with van der Waals surface area (Å²) in [7, 11) is 4.87. The molecule has 1 fully saturated rings. The Kier molecular flexibility index (Phi) is 20.5. The zero-order valence-electron chi connectivity index (χ0n) is 53.4. The van der Waals surface area contributed by atoms with Crippen LogP contribution in [0.15, 0.2) is 56.9 Å². The van der Waals surface area contributed by atoms with Gasteiger partial charge < -0.3 is 85.3 Å². The van der Waals surface area contributed by atoms with E-state index in [9.17, 15) is 45.1 Å². The average Bonchev–Trinajstić information content (AvgIpc) is 1.52. The number of aromatic hydroxyl groups is 1. The lowest BCUT2D eigenvalue weighted by Crippen LogP contribution is -2.62. The topological polar surface area (TPSA) is 416 Å². The number of cyclic esters (lactones) is 2. The van der Waals surface area contributed by atoms with Gasteiger partial charge in [0.15, 0.2) is 18.1 Å². The number of thiazole rings is 5. The molecule has 11 heterocycles. The number of esters is 2. The van der Waals surface area contributed by atoms with Crippen LogP contribution in [0.3, 0.4) is 0 Å². The molecule has 7 aromatic heterocycles. The first kappa shape index (κ1) is 69.6. The van der Waals surface area contributed by atoms with Gasteiger partial charge in [-0.25, -0.2) is 39.5 Å². The Hall–Kier alpha value is -8.34. The Balaban J connectivity index is 1.04. The van der Waals surface area contributed by atoms with Crippen LogP contribution in [0.4, 0.5) is 0 Å². The summed E-state index contributed by atoms with van der Waals surface area (Å²) in [6.07, 6.45) is -7.46. The van der Waals surface area contributed by atoms with Crippen LogP contribution in [0.1, 0.15) is 120 Å². The van der Waals surface area contributed by atoms with Crippen LogP contribution in [0.25, 0.3) is 49.3 Å². The molecule has 31 nitrogen and oxygen atoms in total. The maximum absolute atomic E-state index is 15.2. The van der Waals surface area contributed by atoms with E-state index < -0.39 is 122 Å². The molecule has 98 heavy (non-hydrogen) atoms. The van der Waals surface area contributed by atoms with Crippen LogP contribution in [0, 0.1) is 0 Å². The maximum Gasteiger partial charge on any atom is 0.358 e. The summed E-state index contributed by atoms with van der Waals surface area (Å²) in [5, 5.41) is 85.8. The number of rotatable bonds is 12. The number of nitrogens with zero attached hydrogens (tertiary/aromatic N) is 9. The molecule has 0 radical (unpaired) electrons. The van der Waals surface area contributed by atoms with Crippen molar-refractivity contribution in [2.75, 3.05) is 54.1 Å². The molecule has 0 spiro atoms. The molecular formula is C62H67N13O18S5. The van der Waals surface area contributed by atoms with Gasteiger partial charge in [0.05, 0.1) is 62.0 Å². The van der Waals surface area contributed by atoms with Gasteiger partial charge in [0.2, 0.25) is 5.91 Å². The molecule has 4 aliphatic rings. The summed E-state index contributed by atoms with van der Waals surface area (Å²) in [5.74, 6) is -6.09. The lowest BCUT2D eigenvalue weighted by molar-refractivity contribution is -0.280. The SMILES string of the molecule is CO/C(C)=C1/NC(=O)[C@H]([C@@H](C)O)NC(=O)c2csc(n2)-c2cc(O)c(-c3nc(CN(CCO)CCO)cs3)nc2-c2csc(n2)[C@@H]2COC(=O)c3c4c5c(cccc5n3O)COC(=O)[C@@H](O[C@H]3C[C@](C)(O)[C@H](N(C)C)[C@H](C)O3)[C@@H](OC4)[C@H](NC(=O)c3csc1n3)c1nc(cs1)C(=O)N2. The predicted molar refractivity (Wildman–Crippen MR) is 354 cm³/mol. The van der Waals surface area contributed by atoms with Gasteiger partial charge in [-0.3, -0.25) is 24.1 Å². The van der Waals surface area contributed by atoms with E-state index in [1.54, 1.807) is 60.6 Å². The van der Waals surface area contributed by atoms with E-state index in [0.29, 0.717) is 16.0 Å². The van der Waals surface area contributed by atoms with E-state index >= 15 is 14.4 Å². The second-order valence-electron chi connectivity index (χ2n) is 23.9. The third-order valence-electron chi connectivity index (χ3n) is 16.8. The second-order valence-corrected chi connectivity index (χ2v) is 28.2. The van der Waals surface area contributed by atoms with Crippen LogP contribution in [-0.2, 0) is 57.8 Å². The fourth-order valence-corrected chi connectivity index (χ4v) is 16.4. The van der Waals surface area contributed by atoms with Crippen LogP contribution in [-0.4, -0.2) is 213 Å². The van der Waals surface area contributed by atoms with Gasteiger partial charge >= 0.3 is 11.9 Å². The second kappa shape index (κ2) is 28.9. The smallest absolute Gasteiger partial charge is 0.358 e. The number of hydrogen-bond acceptors (Lipinski definition) is 31. The van der Waals surface area contributed by atoms with E-state index in [4.69, 9.17) is 48.4 Å². The number of fused-ring (bicyclic) bond motifs is 15. The molecular weight excluding hydrogens is 1380 g/mol. The Bertz CT molecular complexity index is 4400. The molecule has 518 valence electrons. The van der Waals surface area contributed by atoms with Gasteiger partial charge in [0.25, 0.3) is 17.7 Å². The van der Waals surface area contributed by atoms with E-state index in [2.05, 4.69) is 31.2 Å². The van der Waals surface area contributed by atoms with Crippen molar-refractivity contribution < 1.29 is 87.9 Å². The summed E-state index contributed by atoms with van der Waals surface area (Å²) in [4.78, 5) is 121. The van der Waals surface area contributed by atoms with Crippen LogP contribution in [0.2, 0.25) is 0 Å². The molecule has 1 saturated heterocycles. The summed E-state index contributed by atoms with van der Waals surface area (Å²) in [6, 6.07) is 0.900. The molecule has 10 atom stereocenters. The minimum atomic E-state index is -1.90. The first-order valence-corrected chi connectivity index (χ1v) is 34.9. The molecule has 1 aromatic carbocycles. The zero-order valence-corrected chi connectivity index (χ0v) is 57.5. The number of likely N-dealkylation sites (N-methyl/N-ethyl adjacent to an activating group) is 1.